The van der Waals surface area contributed by atoms with E-state index in [1.807, 2.05) is 72.6 Å². The van der Waals surface area contributed by atoms with Gasteiger partial charge in [-0.15, -0.1) is 0 Å². The van der Waals surface area contributed by atoms with Gasteiger partial charge in [-0.2, -0.15) is 0 Å². The molecule has 3 atom stereocenters. The number of likely N-dealkylation sites (tertiary alicyclic amines) is 1. The minimum atomic E-state index is -0.442. The molecular weight excluding hydrogens is 314 g/mol. The van der Waals surface area contributed by atoms with Crippen LogP contribution in [0, 0.1) is 5.92 Å². The van der Waals surface area contributed by atoms with E-state index in [2.05, 4.69) is 5.43 Å². The summed E-state index contributed by atoms with van der Waals surface area (Å²) in [4.78, 5) is 27.1. The van der Waals surface area contributed by atoms with E-state index in [-0.39, 0.29) is 23.8 Å². The summed E-state index contributed by atoms with van der Waals surface area (Å²) in [5, 5.41) is 1.98. The molecule has 2 aromatic carbocycles. The highest BCUT2D eigenvalue weighted by Gasteiger charge is 2.53. The predicted molar refractivity (Wildman–Crippen MR) is 94.0 cm³/mol. The number of hydrogen-bond donors (Lipinski definition) is 1. The van der Waals surface area contributed by atoms with Crippen molar-refractivity contribution in [2.75, 3.05) is 6.54 Å². The zero-order valence-corrected chi connectivity index (χ0v) is 14.1. The number of carbonyl (C=O) groups excluding carboxylic acids is 2. The largest absolute Gasteiger partial charge is 0.274 e. The van der Waals surface area contributed by atoms with E-state index in [0.29, 0.717) is 13.1 Å². The van der Waals surface area contributed by atoms with Crippen LogP contribution >= 0.6 is 0 Å². The van der Waals surface area contributed by atoms with E-state index >= 15 is 0 Å². The number of rotatable bonds is 4. The summed E-state index contributed by atoms with van der Waals surface area (Å²) in [6, 6.07) is 19.1. The summed E-state index contributed by atoms with van der Waals surface area (Å²) in [5.74, 6) is -0.501. The van der Waals surface area contributed by atoms with Crippen molar-refractivity contribution in [3.05, 3.63) is 71.8 Å². The number of fused-ring (bicyclic) bond motifs is 1. The summed E-state index contributed by atoms with van der Waals surface area (Å²) < 4.78 is 0. The van der Waals surface area contributed by atoms with Crippen LogP contribution in [-0.2, 0) is 16.1 Å². The van der Waals surface area contributed by atoms with Gasteiger partial charge in [0, 0.05) is 13.1 Å². The molecule has 5 nitrogen and oxygen atoms in total. The van der Waals surface area contributed by atoms with Crippen molar-refractivity contribution in [3.63, 3.8) is 0 Å². The molecule has 2 aromatic rings. The summed E-state index contributed by atoms with van der Waals surface area (Å²) in [5.41, 5.74) is 5.37. The maximum Gasteiger partial charge on any atom is 0.249 e. The molecule has 0 aliphatic carbocycles. The fourth-order valence-electron chi connectivity index (χ4n) is 3.74. The van der Waals surface area contributed by atoms with Crippen LogP contribution in [0.3, 0.4) is 0 Å². The zero-order chi connectivity index (χ0) is 17.4. The van der Waals surface area contributed by atoms with Gasteiger partial charge in [-0.1, -0.05) is 60.7 Å². The van der Waals surface area contributed by atoms with Crippen molar-refractivity contribution in [1.82, 2.24) is 15.3 Å². The van der Waals surface area contributed by atoms with Crippen LogP contribution in [0.1, 0.15) is 24.1 Å². The summed E-state index contributed by atoms with van der Waals surface area (Å²) in [6.45, 7) is 3.15. The molecule has 2 heterocycles. The standard InChI is InChI=1S/C20H21N3O2/c1-14(16-10-6-3-7-11-16)23-19(24)17-13-22(21-18(17)20(23)25)12-15-8-4-2-5-9-15/h2-11,14,17-18,21H,12-13H2,1H3/t14-,17+,18-/m1/s1. The second-order valence-electron chi connectivity index (χ2n) is 6.71. The van der Waals surface area contributed by atoms with Gasteiger partial charge in [0.25, 0.3) is 0 Å². The third kappa shape index (κ3) is 2.86. The fourth-order valence-corrected chi connectivity index (χ4v) is 3.74. The molecule has 5 heteroatoms. The van der Waals surface area contributed by atoms with Gasteiger partial charge in [0.15, 0.2) is 0 Å². The van der Waals surface area contributed by atoms with E-state index in [4.69, 9.17) is 0 Å². The summed E-state index contributed by atoms with van der Waals surface area (Å²) in [6.07, 6.45) is 0. The Balaban J connectivity index is 1.48. The van der Waals surface area contributed by atoms with Crippen molar-refractivity contribution in [2.24, 2.45) is 5.92 Å². The molecule has 25 heavy (non-hydrogen) atoms. The van der Waals surface area contributed by atoms with E-state index in [1.54, 1.807) is 0 Å². The first kappa shape index (κ1) is 16.0. The van der Waals surface area contributed by atoms with Crippen molar-refractivity contribution >= 4 is 11.8 Å². The molecular formula is C20H21N3O2. The molecule has 128 valence electrons. The molecule has 0 bridgehead atoms. The highest BCUT2D eigenvalue weighted by atomic mass is 16.2. The number of amides is 2. The quantitative estimate of drug-likeness (QED) is 0.870. The van der Waals surface area contributed by atoms with Gasteiger partial charge in [-0.05, 0) is 18.1 Å². The van der Waals surface area contributed by atoms with Crippen LogP contribution in [0.2, 0.25) is 0 Å². The molecule has 0 radical (unpaired) electrons. The van der Waals surface area contributed by atoms with Crippen LogP contribution in [0.4, 0.5) is 0 Å². The van der Waals surface area contributed by atoms with Crippen molar-refractivity contribution in [1.29, 1.82) is 0 Å². The third-order valence-corrected chi connectivity index (χ3v) is 5.08. The lowest BCUT2D eigenvalue weighted by Crippen LogP contribution is -2.44. The Morgan fingerprint density at radius 3 is 2.28 bits per heavy atom. The molecule has 2 aliphatic rings. The highest BCUT2D eigenvalue weighted by molar-refractivity contribution is 6.07. The minimum Gasteiger partial charge on any atom is -0.274 e. The Kier molecular flexibility index (Phi) is 4.11. The highest BCUT2D eigenvalue weighted by Crippen LogP contribution is 2.33. The minimum absolute atomic E-state index is 0.0746. The van der Waals surface area contributed by atoms with E-state index in [0.717, 1.165) is 11.1 Å². The van der Waals surface area contributed by atoms with Crippen LogP contribution in [0.25, 0.3) is 0 Å². The van der Waals surface area contributed by atoms with Gasteiger partial charge in [-0.25, -0.2) is 10.4 Å². The molecule has 0 spiro atoms. The second kappa shape index (κ2) is 6.43. The Morgan fingerprint density at radius 1 is 1.00 bits per heavy atom. The Morgan fingerprint density at radius 2 is 1.64 bits per heavy atom. The molecule has 1 N–H and O–H groups in total. The SMILES string of the molecule is C[C@H](c1ccccc1)N1C(=O)[C@H]2CN(Cc3ccccc3)N[C@H]2C1=O. The van der Waals surface area contributed by atoms with Gasteiger partial charge in [0.05, 0.1) is 12.0 Å². The molecule has 0 aromatic heterocycles. The Labute approximate surface area is 147 Å². The molecule has 2 amide bonds. The summed E-state index contributed by atoms with van der Waals surface area (Å²) in [7, 11) is 0. The van der Waals surface area contributed by atoms with Crippen molar-refractivity contribution in [2.45, 2.75) is 25.6 Å². The maximum absolute atomic E-state index is 12.8. The van der Waals surface area contributed by atoms with Crippen LogP contribution in [-0.4, -0.2) is 34.3 Å². The van der Waals surface area contributed by atoms with E-state index in [9.17, 15) is 9.59 Å². The number of nitrogens with one attached hydrogen (secondary N) is 1. The number of benzene rings is 2. The normalized spacial score (nSPS) is 24.6. The number of carbonyl (C=O) groups is 2. The zero-order valence-electron chi connectivity index (χ0n) is 14.1. The van der Waals surface area contributed by atoms with E-state index in [1.165, 1.54) is 4.90 Å². The van der Waals surface area contributed by atoms with E-state index < -0.39 is 6.04 Å². The maximum atomic E-state index is 12.8. The Bertz CT molecular complexity index is 754. The van der Waals surface area contributed by atoms with Crippen molar-refractivity contribution in [3.8, 4) is 0 Å². The predicted octanol–water partition coefficient (Wildman–Crippen LogP) is 2.12. The second-order valence-corrected chi connectivity index (χ2v) is 6.71. The Hall–Kier alpha value is -2.50. The first-order valence-electron chi connectivity index (χ1n) is 8.62. The lowest BCUT2D eigenvalue weighted by Gasteiger charge is -2.26. The van der Waals surface area contributed by atoms with Gasteiger partial charge >= 0.3 is 0 Å². The number of imide groups is 1. The van der Waals surface area contributed by atoms with Gasteiger partial charge in [0.2, 0.25) is 11.8 Å². The number of hydrogen-bond acceptors (Lipinski definition) is 4. The van der Waals surface area contributed by atoms with Gasteiger partial charge < -0.3 is 0 Å². The molecule has 4 rings (SSSR count). The molecule has 2 saturated heterocycles. The number of nitrogens with zero attached hydrogens (tertiary/aromatic N) is 2. The first-order chi connectivity index (χ1) is 12.1. The van der Waals surface area contributed by atoms with Crippen LogP contribution in [0.5, 0.6) is 0 Å². The molecule has 0 saturated carbocycles. The fraction of sp³-hybridized carbons (Fsp3) is 0.300. The molecule has 2 fully saturated rings. The van der Waals surface area contributed by atoms with Crippen LogP contribution in [0.15, 0.2) is 60.7 Å². The monoisotopic (exact) mass is 335 g/mol. The van der Waals surface area contributed by atoms with Gasteiger partial charge in [-0.3, -0.25) is 14.5 Å². The topological polar surface area (TPSA) is 52.7 Å². The average Bonchev–Trinajstić information content (AvgIpc) is 3.15. The average molecular weight is 335 g/mol. The lowest BCUT2D eigenvalue weighted by atomic mass is 10.1. The van der Waals surface area contributed by atoms with Gasteiger partial charge in [0.1, 0.15) is 6.04 Å². The smallest absolute Gasteiger partial charge is 0.249 e. The molecule has 0 unspecified atom stereocenters. The van der Waals surface area contributed by atoms with Crippen LogP contribution < -0.4 is 5.43 Å². The third-order valence-electron chi connectivity index (χ3n) is 5.08. The van der Waals surface area contributed by atoms with Crippen molar-refractivity contribution < 1.29 is 9.59 Å². The number of hydrazine groups is 1. The first-order valence-corrected chi connectivity index (χ1v) is 8.62. The lowest BCUT2D eigenvalue weighted by molar-refractivity contribution is -0.143. The molecule has 2 aliphatic heterocycles. The summed E-state index contributed by atoms with van der Waals surface area (Å²) >= 11 is 0.